The number of aryl methyl sites for hydroxylation is 1. The molecule has 0 radical (unpaired) electrons. The van der Waals surface area contributed by atoms with Gasteiger partial charge in [0.25, 0.3) is 5.91 Å². The van der Waals surface area contributed by atoms with Crippen molar-refractivity contribution in [3.63, 3.8) is 0 Å². The third kappa shape index (κ3) is 2.43. The highest BCUT2D eigenvalue weighted by Crippen LogP contribution is 2.39. The van der Waals surface area contributed by atoms with Gasteiger partial charge in [-0.1, -0.05) is 12.1 Å². The van der Waals surface area contributed by atoms with Crippen LogP contribution in [-0.2, 0) is 6.54 Å². The maximum Gasteiger partial charge on any atom is 0.277 e. The number of hydrogen-bond acceptors (Lipinski definition) is 4. The van der Waals surface area contributed by atoms with Crippen LogP contribution in [0.5, 0.6) is 0 Å². The zero-order valence-electron chi connectivity index (χ0n) is 13.2. The van der Waals surface area contributed by atoms with Gasteiger partial charge in [-0.15, -0.1) is 0 Å². The molecule has 1 fully saturated rings. The monoisotopic (exact) mass is 326 g/mol. The second-order valence-corrected chi connectivity index (χ2v) is 6.72. The Kier molecular flexibility index (Phi) is 3.41. The van der Waals surface area contributed by atoms with Crippen LogP contribution in [0.15, 0.2) is 30.3 Å². The van der Waals surface area contributed by atoms with Gasteiger partial charge in [0.1, 0.15) is 5.69 Å². The van der Waals surface area contributed by atoms with E-state index in [1.807, 2.05) is 37.3 Å². The molecular formula is C17H18N4OS. The number of benzene rings is 1. The van der Waals surface area contributed by atoms with Crippen LogP contribution in [0.25, 0.3) is 10.1 Å². The van der Waals surface area contributed by atoms with Crippen molar-refractivity contribution in [2.75, 3.05) is 11.9 Å². The fraction of sp³-hybridized carbons (Fsp3) is 0.353. The third-order valence-electron chi connectivity index (χ3n) is 4.29. The molecule has 0 bridgehead atoms. The maximum absolute atomic E-state index is 13.0. The summed E-state index contributed by atoms with van der Waals surface area (Å²) in [6.45, 7) is 2.71. The number of hydrogen-bond donors (Lipinski definition) is 0. The van der Waals surface area contributed by atoms with E-state index >= 15 is 0 Å². The summed E-state index contributed by atoms with van der Waals surface area (Å²) in [6.07, 6.45) is 2.36. The molecule has 0 N–H and O–H groups in total. The largest absolute Gasteiger partial charge is 0.293 e. The first-order chi connectivity index (χ1) is 11.2. The van der Waals surface area contributed by atoms with Crippen LogP contribution in [0.3, 0.4) is 0 Å². The molecule has 6 heteroatoms. The zero-order valence-corrected chi connectivity index (χ0v) is 14.0. The van der Waals surface area contributed by atoms with Crippen LogP contribution in [0, 0.1) is 0 Å². The fourth-order valence-electron chi connectivity index (χ4n) is 2.81. The van der Waals surface area contributed by atoms with E-state index in [9.17, 15) is 4.79 Å². The highest BCUT2D eigenvalue weighted by atomic mass is 32.1. The lowest BCUT2D eigenvalue weighted by Gasteiger charge is -2.15. The first-order valence-electron chi connectivity index (χ1n) is 7.89. The topological polar surface area (TPSA) is 51.0 Å². The van der Waals surface area contributed by atoms with Gasteiger partial charge in [0.2, 0.25) is 0 Å². The summed E-state index contributed by atoms with van der Waals surface area (Å²) in [7, 11) is 1.79. The summed E-state index contributed by atoms with van der Waals surface area (Å²) in [5.74, 6) is 1.20. The fourth-order valence-corrected chi connectivity index (χ4v) is 3.61. The van der Waals surface area contributed by atoms with Crippen LogP contribution in [0.2, 0.25) is 0 Å². The minimum absolute atomic E-state index is 0.0534. The van der Waals surface area contributed by atoms with Gasteiger partial charge in [-0.2, -0.15) is 9.47 Å². The number of fused-ring (bicyclic) bond motifs is 1. The van der Waals surface area contributed by atoms with Crippen LogP contribution < -0.4 is 4.90 Å². The second kappa shape index (κ2) is 5.45. The molecule has 1 saturated carbocycles. The highest BCUT2D eigenvalue weighted by molar-refractivity contribution is 7.13. The number of rotatable bonds is 4. The molecule has 1 amide bonds. The van der Waals surface area contributed by atoms with Crippen molar-refractivity contribution in [2.45, 2.75) is 32.2 Å². The van der Waals surface area contributed by atoms with Crippen molar-refractivity contribution in [1.29, 1.82) is 0 Å². The van der Waals surface area contributed by atoms with Crippen molar-refractivity contribution >= 4 is 33.3 Å². The second-order valence-electron chi connectivity index (χ2n) is 5.91. The molecule has 0 aliphatic heterocycles. The molecule has 2 aromatic heterocycles. The van der Waals surface area contributed by atoms with E-state index in [4.69, 9.17) is 0 Å². The van der Waals surface area contributed by atoms with Crippen molar-refractivity contribution in [3.8, 4) is 0 Å². The van der Waals surface area contributed by atoms with E-state index in [1.165, 1.54) is 24.4 Å². The molecule has 1 aromatic carbocycles. The Morgan fingerprint density at radius 3 is 2.91 bits per heavy atom. The predicted octanol–water partition coefficient (Wildman–Crippen LogP) is 3.67. The average molecular weight is 326 g/mol. The quantitative estimate of drug-likeness (QED) is 0.735. The molecule has 3 aromatic rings. The lowest BCUT2D eigenvalue weighted by molar-refractivity contribution is 0.0982. The first kappa shape index (κ1) is 14.4. The van der Waals surface area contributed by atoms with Gasteiger partial charge < -0.3 is 0 Å². The number of amides is 1. The summed E-state index contributed by atoms with van der Waals surface area (Å²) in [5, 5.41) is 5.60. The molecular weight excluding hydrogens is 308 g/mol. The van der Waals surface area contributed by atoms with Crippen LogP contribution in [-0.4, -0.2) is 27.1 Å². The van der Waals surface area contributed by atoms with Crippen LogP contribution in [0.1, 0.15) is 41.9 Å². The van der Waals surface area contributed by atoms with Crippen molar-refractivity contribution in [3.05, 3.63) is 41.7 Å². The van der Waals surface area contributed by atoms with Gasteiger partial charge in [0.15, 0.2) is 5.82 Å². The van der Waals surface area contributed by atoms with Gasteiger partial charge >= 0.3 is 0 Å². The lowest BCUT2D eigenvalue weighted by atomic mass is 10.2. The minimum Gasteiger partial charge on any atom is -0.293 e. The normalized spacial score (nSPS) is 14.3. The molecule has 0 unspecified atom stereocenters. The summed E-state index contributed by atoms with van der Waals surface area (Å²) in [4.78, 5) is 14.6. The first-order valence-corrected chi connectivity index (χ1v) is 8.66. The summed E-state index contributed by atoms with van der Waals surface area (Å²) < 4.78 is 7.36. The molecule has 0 atom stereocenters. The Labute approximate surface area is 138 Å². The van der Waals surface area contributed by atoms with Gasteiger partial charge in [0.05, 0.1) is 10.4 Å². The summed E-state index contributed by atoms with van der Waals surface area (Å²) >= 11 is 1.42. The zero-order chi connectivity index (χ0) is 16.0. The molecule has 2 heterocycles. The molecule has 4 rings (SSSR count). The molecule has 1 aliphatic rings. The average Bonchev–Trinajstić information content (AvgIpc) is 3.20. The SMILES string of the molecule is CCn1nc(C2CC2)cc1C(=O)N(C)c1nsc2ccccc12. The Morgan fingerprint density at radius 2 is 2.17 bits per heavy atom. The molecule has 5 nitrogen and oxygen atoms in total. The van der Waals surface area contributed by atoms with Crippen LogP contribution >= 0.6 is 11.5 Å². The Bertz CT molecular complexity index is 878. The van der Waals surface area contributed by atoms with E-state index in [1.54, 1.807) is 16.6 Å². The Balaban J connectivity index is 1.70. The molecule has 0 saturated heterocycles. The molecule has 23 heavy (non-hydrogen) atoms. The maximum atomic E-state index is 13.0. The highest BCUT2D eigenvalue weighted by Gasteiger charge is 2.29. The van der Waals surface area contributed by atoms with E-state index < -0.39 is 0 Å². The Morgan fingerprint density at radius 1 is 1.39 bits per heavy atom. The predicted molar refractivity (Wildman–Crippen MR) is 92.2 cm³/mol. The standard InChI is InChI=1S/C17H18N4OS/c1-3-21-14(10-13(18-21)11-8-9-11)17(22)20(2)16-12-6-4-5-7-15(12)23-19-16/h4-7,10-11H,3,8-9H2,1-2H3. The van der Waals surface area contributed by atoms with E-state index in [-0.39, 0.29) is 5.91 Å². The number of carbonyl (C=O) groups excluding carboxylic acids is 1. The van der Waals surface area contributed by atoms with Crippen LogP contribution in [0.4, 0.5) is 5.82 Å². The van der Waals surface area contributed by atoms with Crippen molar-refractivity contribution in [2.24, 2.45) is 0 Å². The third-order valence-corrected chi connectivity index (χ3v) is 5.11. The van der Waals surface area contributed by atoms with Crippen molar-refractivity contribution in [1.82, 2.24) is 14.2 Å². The minimum atomic E-state index is -0.0534. The number of aromatic nitrogens is 3. The van der Waals surface area contributed by atoms with Gasteiger partial charge in [-0.05, 0) is 49.5 Å². The number of carbonyl (C=O) groups is 1. The van der Waals surface area contributed by atoms with E-state index in [0.717, 1.165) is 15.8 Å². The molecule has 0 spiro atoms. The van der Waals surface area contributed by atoms with Gasteiger partial charge in [-0.25, -0.2) is 0 Å². The Hall–Kier alpha value is -2.21. The van der Waals surface area contributed by atoms with Gasteiger partial charge in [-0.3, -0.25) is 14.4 Å². The number of nitrogens with zero attached hydrogens (tertiary/aromatic N) is 4. The number of anilines is 1. The molecule has 118 valence electrons. The molecule has 1 aliphatic carbocycles. The van der Waals surface area contributed by atoms with Crippen molar-refractivity contribution < 1.29 is 4.79 Å². The van der Waals surface area contributed by atoms with Gasteiger partial charge in [0, 0.05) is 24.9 Å². The van der Waals surface area contributed by atoms with E-state index in [2.05, 4.69) is 9.47 Å². The summed E-state index contributed by atoms with van der Waals surface area (Å²) in [5.41, 5.74) is 1.70. The smallest absolute Gasteiger partial charge is 0.277 e. The van der Waals surface area contributed by atoms with E-state index in [0.29, 0.717) is 24.0 Å². The lowest BCUT2D eigenvalue weighted by Crippen LogP contribution is -2.29. The summed E-state index contributed by atoms with van der Waals surface area (Å²) in [6, 6.07) is 9.94.